The molecule has 6 N–H and O–H groups in total. The number of nitrogens with two attached hydrogens (primary N) is 1. The molecule has 144 valence electrons. The standard InChI is InChI=1S/C18H23N5O4/c1-27-18(26)21-10-6-7-11-14(8-10)22-13(17(24)25)5-3-2-4-12(19)16-20-9-15(11)23-16/h6-9,12-13,22H,2-5,19H2,1H3,(H,20,23)(H,21,26)(H,24,25)/t12-,13-/m0/s1. The number of imidazole rings is 1. The average molecular weight is 373 g/mol. The summed E-state index contributed by atoms with van der Waals surface area (Å²) in [5, 5.41) is 15.2. The number of anilines is 2. The monoisotopic (exact) mass is 373 g/mol. The first-order valence-corrected chi connectivity index (χ1v) is 8.77. The number of methoxy groups -OCH3 is 1. The predicted octanol–water partition coefficient (Wildman–Crippen LogP) is 2.69. The molecule has 27 heavy (non-hydrogen) atoms. The molecule has 0 saturated heterocycles. The van der Waals surface area contributed by atoms with Crippen molar-refractivity contribution in [3.63, 3.8) is 0 Å². The van der Waals surface area contributed by atoms with Gasteiger partial charge in [0.2, 0.25) is 0 Å². The van der Waals surface area contributed by atoms with Gasteiger partial charge in [-0.05, 0) is 31.0 Å². The van der Waals surface area contributed by atoms with Gasteiger partial charge in [-0.2, -0.15) is 0 Å². The summed E-state index contributed by atoms with van der Waals surface area (Å²) in [5.74, 6) is -0.237. The van der Waals surface area contributed by atoms with Crippen LogP contribution in [-0.2, 0) is 9.53 Å². The number of hydrogen-bond acceptors (Lipinski definition) is 6. The van der Waals surface area contributed by atoms with E-state index in [2.05, 4.69) is 25.3 Å². The van der Waals surface area contributed by atoms with Crippen LogP contribution in [0.25, 0.3) is 11.3 Å². The minimum Gasteiger partial charge on any atom is -0.480 e. The lowest BCUT2D eigenvalue weighted by molar-refractivity contribution is -0.138. The molecule has 1 amide bonds. The fourth-order valence-corrected chi connectivity index (χ4v) is 3.09. The third-order valence-electron chi connectivity index (χ3n) is 4.56. The first-order valence-electron chi connectivity index (χ1n) is 8.77. The molecule has 0 aliphatic carbocycles. The summed E-state index contributed by atoms with van der Waals surface area (Å²) in [6.45, 7) is 0. The van der Waals surface area contributed by atoms with E-state index in [1.807, 2.05) is 0 Å². The molecule has 0 fully saturated rings. The van der Waals surface area contributed by atoms with Gasteiger partial charge in [-0.3, -0.25) is 5.32 Å². The zero-order chi connectivity index (χ0) is 19.4. The van der Waals surface area contributed by atoms with E-state index in [-0.39, 0.29) is 6.04 Å². The summed E-state index contributed by atoms with van der Waals surface area (Å²) in [7, 11) is 1.27. The maximum atomic E-state index is 11.7. The third-order valence-corrected chi connectivity index (χ3v) is 4.56. The van der Waals surface area contributed by atoms with Crippen molar-refractivity contribution in [1.29, 1.82) is 0 Å². The highest BCUT2D eigenvalue weighted by Crippen LogP contribution is 2.32. The van der Waals surface area contributed by atoms with Gasteiger partial charge < -0.3 is 25.9 Å². The van der Waals surface area contributed by atoms with Crippen LogP contribution in [0.4, 0.5) is 16.2 Å². The topological polar surface area (TPSA) is 142 Å². The van der Waals surface area contributed by atoms with Crippen LogP contribution in [0.5, 0.6) is 0 Å². The number of aromatic amines is 1. The van der Waals surface area contributed by atoms with Gasteiger partial charge in [-0.25, -0.2) is 14.6 Å². The molecule has 1 aliphatic rings. The second-order valence-electron chi connectivity index (χ2n) is 6.47. The van der Waals surface area contributed by atoms with Gasteiger partial charge in [0.15, 0.2) is 0 Å². The molecule has 3 rings (SSSR count). The Balaban J connectivity index is 2.03. The third kappa shape index (κ3) is 4.37. The van der Waals surface area contributed by atoms with E-state index in [0.717, 1.165) is 19.3 Å². The number of aromatic nitrogens is 2. The van der Waals surface area contributed by atoms with E-state index in [4.69, 9.17) is 5.73 Å². The molecular formula is C18H23N5O4. The van der Waals surface area contributed by atoms with E-state index >= 15 is 0 Å². The number of nitrogens with zero attached hydrogens (tertiary/aromatic N) is 1. The van der Waals surface area contributed by atoms with Crippen LogP contribution in [0.15, 0.2) is 24.4 Å². The van der Waals surface area contributed by atoms with Gasteiger partial charge in [-0.15, -0.1) is 0 Å². The van der Waals surface area contributed by atoms with Gasteiger partial charge >= 0.3 is 12.1 Å². The van der Waals surface area contributed by atoms with Crippen LogP contribution in [-0.4, -0.2) is 40.3 Å². The number of carbonyl (C=O) groups excluding carboxylic acids is 1. The van der Waals surface area contributed by atoms with E-state index in [1.54, 1.807) is 24.4 Å². The first kappa shape index (κ1) is 18.7. The van der Waals surface area contributed by atoms with Gasteiger partial charge in [0.1, 0.15) is 11.9 Å². The maximum absolute atomic E-state index is 11.7. The SMILES string of the molecule is COC(=O)Nc1ccc2c(c1)N[C@H](C(=O)O)CCCC[C@H](N)c1nc-2c[nH]1. The number of aliphatic carboxylic acids is 1. The molecule has 0 spiro atoms. The molecular weight excluding hydrogens is 350 g/mol. The summed E-state index contributed by atoms with van der Waals surface area (Å²) in [6, 6.07) is 4.16. The summed E-state index contributed by atoms with van der Waals surface area (Å²) >= 11 is 0. The van der Waals surface area contributed by atoms with Crippen molar-refractivity contribution in [2.24, 2.45) is 5.73 Å². The van der Waals surface area contributed by atoms with Crippen LogP contribution in [0.1, 0.15) is 37.5 Å². The number of carboxylic acids is 1. The lowest BCUT2D eigenvalue weighted by atomic mass is 10.0. The largest absolute Gasteiger partial charge is 0.480 e. The predicted molar refractivity (Wildman–Crippen MR) is 100 cm³/mol. The molecule has 1 aromatic heterocycles. The van der Waals surface area contributed by atoms with Gasteiger partial charge in [-0.1, -0.05) is 12.8 Å². The molecule has 2 atom stereocenters. The molecule has 2 bridgehead atoms. The molecule has 2 aromatic rings. The van der Waals surface area contributed by atoms with Crippen molar-refractivity contribution in [3.05, 3.63) is 30.2 Å². The Morgan fingerprint density at radius 1 is 1.33 bits per heavy atom. The van der Waals surface area contributed by atoms with Gasteiger partial charge in [0.05, 0.1) is 18.8 Å². The van der Waals surface area contributed by atoms with Crippen molar-refractivity contribution in [2.75, 3.05) is 17.7 Å². The fraction of sp³-hybridized carbons (Fsp3) is 0.389. The highest BCUT2D eigenvalue weighted by atomic mass is 16.5. The molecule has 9 nitrogen and oxygen atoms in total. The van der Waals surface area contributed by atoms with Crippen molar-refractivity contribution in [3.8, 4) is 11.3 Å². The maximum Gasteiger partial charge on any atom is 0.411 e. The van der Waals surface area contributed by atoms with Crippen molar-refractivity contribution < 1.29 is 19.4 Å². The zero-order valence-corrected chi connectivity index (χ0v) is 15.0. The highest BCUT2D eigenvalue weighted by Gasteiger charge is 2.22. The molecule has 0 radical (unpaired) electrons. The summed E-state index contributed by atoms with van der Waals surface area (Å²) in [6.07, 6.45) is 3.87. The number of H-pyrrole nitrogens is 1. The normalized spacial score (nSPS) is 19.6. The van der Waals surface area contributed by atoms with E-state index in [0.29, 0.717) is 34.9 Å². The number of amides is 1. The quantitative estimate of drug-likeness (QED) is 0.544. The number of hydrogen-bond donors (Lipinski definition) is 5. The summed E-state index contributed by atoms with van der Waals surface area (Å²) in [5.41, 5.74) is 8.59. The van der Waals surface area contributed by atoms with Crippen molar-refractivity contribution >= 4 is 23.4 Å². The van der Waals surface area contributed by atoms with Crippen LogP contribution >= 0.6 is 0 Å². The number of carbonyl (C=O) groups is 2. The van der Waals surface area contributed by atoms with Gasteiger partial charge in [0.25, 0.3) is 0 Å². The van der Waals surface area contributed by atoms with Crippen LogP contribution < -0.4 is 16.4 Å². The first-order chi connectivity index (χ1) is 13.0. The molecule has 0 unspecified atom stereocenters. The lowest BCUT2D eigenvalue weighted by Gasteiger charge is -2.20. The Kier molecular flexibility index (Phi) is 5.60. The number of carboxylic acid groups (broad SMARTS) is 1. The van der Waals surface area contributed by atoms with Crippen molar-refractivity contribution in [1.82, 2.24) is 9.97 Å². The number of benzene rings is 1. The molecule has 0 saturated carbocycles. The number of fused-ring (bicyclic) bond motifs is 4. The Labute approximate surface area is 156 Å². The number of rotatable bonds is 2. The Morgan fingerprint density at radius 2 is 2.11 bits per heavy atom. The lowest BCUT2D eigenvalue weighted by Crippen LogP contribution is -2.29. The minimum absolute atomic E-state index is 0.224. The molecule has 9 heteroatoms. The second-order valence-corrected chi connectivity index (χ2v) is 6.47. The van der Waals surface area contributed by atoms with E-state index in [9.17, 15) is 14.7 Å². The van der Waals surface area contributed by atoms with Crippen LogP contribution in [0.3, 0.4) is 0 Å². The Bertz CT molecular complexity index is 835. The highest BCUT2D eigenvalue weighted by molar-refractivity contribution is 5.89. The second kappa shape index (κ2) is 8.09. The molecule has 1 aromatic carbocycles. The van der Waals surface area contributed by atoms with E-state index in [1.165, 1.54) is 7.11 Å². The molecule has 1 aliphatic heterocycles. The number of nitrogens with one attached hydrogen (secondary N) is 3. The number of ether oxygens (including phenoxy) is 1. The Hall–Kier alpha value is -3.07. The van der Waals surface area contributed by atoms with Crippen molar-refractivity contribution in [2.45, 2.75) is 37.8 Å². The fourth-order valence-electron chi connectivity index (χ4n) is 3.09. The van der Waals surface area contributed by atoms with Gasteiger partial charge in [0, 0.05) is 23.1 Å². The zero-order valence-electron chi connectivity index (χ0n) is 15.0. The van der Waals surface area contributed by atoms with Crippen LogP contribution in [0.2, 0.25) is 0 Å². The summed E-state index contributed by atoms with van der Waals surface area (Å²) in [4.78, 5) is 30.8. The van der Waals surface area contributed by atoms with E-state index < -0.39 is 18.1 Å². The Morgan fingerprint density at radius 3 is 2.85 bits per heavy atom. The summed E-state index contributed by atoms with van der Waals surface area (Å²) < 4.78 is 4.61. The average Bonchev–Trinajstić information content (AvgIpc) is 3.13. The smallest absolute Gasteiger partial charge is 0.411 e. The minimum atomic E-state index is -0.934. The molecule has 2 heterocycles. The van der Waals surface area contributed by atoms with Crippen LogP contribution in [0, 0.1) is 0 Å².